The fraction of sp³-hybridized carbons (Fsp3) is 0.133. The number of nitrogens with one attached hydrogen (secondary N) is 1. The van der Waals surface area contributed by atoms with Gasteiger partial charge in [0.25, 0.3) is 0 Å². The molecule has 0 spiro atoms. The fourth-order valence-corrected chi connectivity index (χ4v) is 2.35. The number of aromatic nitrogens is 1. The predicted octanol–water partition coefficient (Wildman–Crippen LogP) is 3.24. The topological polar surface area (TPSA) is 50.9 Å². The number of anilines is 1. The van der Waals surface area contributed by atoms with Gasteiger partial charge in [-0.15, -0.1) is 0 Å². The van der Waals surface area contributed by atoms with Crippen molar-refractivity contribution in [3.05, 3.63) is 48.0 Å². The molecule has 0 aliphatic heterocycles. The standard InChI is InChI=1S/C15H15N3/c1-2-10-9-12-8-7-11-5-3-4-6-13(11)14(12)17-15(10)18-16/h3-9H,2,16H2,1H3,(H,17,18). The van der Waals surface area contributed by atoms with Crippen LogP contribution in [-0.4, -0.2) is 4.98 Å². The van der Waals surface area contributed by atoms with Crippen molar-refractivity contribution in [1.82, 2.24) is 4.98 Å². The van der Waals surface area contributed by atoms with Gasteiger partial charge in [0.1, 0.15) is 5.82 Å². The largest absolute Gasteiger partial charge is 0.308 e. The van der Waals surface area contributed by atoms with Gasteiger partial charge in [-0.3, -0.25) is 0 Å². The number of aryl methyl sites for hydroxylation is 1. The fourth-order valence-electron chi connectivity index (χ4n) is 2.35. The first kappa shape index (κ1) is 11.0. The van der Waals surface area contributed by atoms with Gasteiger partial charge < -0.3 is 5.43 Å². The van der Waals surface area contributed by atoms with E-state index in [0.717, 1.165) is 34.1 Å². The van der Waals surface area contributed by atoms with E-state index in [1.54, 1.807) is 0 Å². The molecule has 2 aromatic carbocycles. The number of pyridine rings is 1. The molecule has 0 radical (unpaired) electrons. The number of nitrogens with two attached hydrogens (primary N) is 1. The van der Waals surface area contributed by atoms with E-state index in [2.05, 4.69) is 47.7 Å². The number of hydrogen-bond donors (Lipinski definition) is 2. The molecule has 1 aromatic heterocycles. The number of hydrazine groups is 1. The Kier molecular flexibility index (Phi) is 2.61. The molecule has 18 heavy (non-hydrogen) atoms. The molecule has 3 N–H and O–H groups in total. The van der Waals surface area contributed by atoms with E-state index in [0.29, 0.717) is 0 Å². The average molecular weight is 237 g/mol. The molecule has 0 saturated heterocycles. The lowest BCUT2D eigenvalue weighted by Gasteiger charge is -2.10. The lowest BCUT2D eigenvalue weighted by molar-refractivity contribution is 1.10. The van der Waals surface area contributed by atoms with Crippen LogP contribution in [0.4, 0.5) is 5.82 Å². The second-order valence-corrected chi connectivity index (χ2v) is 4.35. The number of benzene rings is 2. The Morgan fingerprint density at radius 3 is 2.67 bits per heavy atom. The van der Waals surface area contributed by atoms with Crippen molar-refractivity contribution in [2.24, 2.45) is 5.84 Å². The minimum Gasteiger partial charge on any atom is -0.308 e. The smallest absolute Gasteiger partial charge is 0.143 e. The van der Waals surface area contributed by atoms with Gasteiger partial charge in [-0.2, -0.15) is 0 Å². The monoisotopic (exact) mass is 237 g/mol. The summed E-state index contributed by atoms with van der Waals surface area (Å²) in [5, 5.41) is 3.52. The van der Waals surface area contributed by atoms with Crippen LogP contribution < -0.4 is 11.3 Å². The number of nitrogen functional groups attached to an aromatic ring is 1. The van der Waals surface area contributed by atoms with E-state index in [-0.39, 0.29) is 0 Å². The molecule has 0 atom stereocenters. The van der Waals surface area contributed by atoms with Crippen LogP contribution in [0, 0.1) is 0 Å². The maximum atomic E-state index is 5.55. The van der Waals surface area contributed by atoms with Gasteiger partial charge in [0.05, 0.1) is 5.52 Å². The van der Waals surface area contributed by atoms with E-state index in [1.165, 1.54) is 5.39 Å². The first-order valence-corrected chi connectivity index (χ1v) is 6.11. The SMILES string of the molecule is CCc1cc2ccc3ccccc3c2nc1NN. The minimum atomic E-state index is 0.765. The molecule has 0 aliphatic carbocycles. The van der Waals surface area contributed by atoms with Crippen LogP contribution in [0.25, 0.3) is 21.7 Å². The maximum Gasteiger partial charge on any atom is 0.143 e. The number of hydrogen-bond acceptors (Lipinski definition) is 3. The van der Waals surface area contributed by atoms with Gasteiger partial charge >= 0.3 is 0 Å². The van der Waals surface area contributed by atoms with E-state index < -0.39 is 0 Å². The summed E-state index contributed by atoms with van der Waals surface area (Å²) in [5.41, 5.74) is 4.83. The quantitative estimate of drug-likeness (QED) is 0.408. The Hall–Kier alpha value is -2.13. The first-order chi connectivity index (χ1) is 8.83. The van der Waals surface area contributed by atoms with Crippen LogP contribution in [0.1, 0.15) is 12.5 Å². The normalized spacial score (nSPS) is 11.0. The summed E-state index contributed by atoms with van der Waals surface area (Å²) in [6.07, 6.45) is 0.912. The molecule has 90 valence electrons. The summed E-state index contributed by atoms with van der Waals surface area (Å²) in [7, 11) is 0. The number of nitrogens with zero attached hydrogens (tertiary/aromatic N) is 1. The number of fused-ring (bicyclic) bond motifs is 3. The highest BCUT2D eigenvalue weighted by Crippen LogP contribution is 2.27. The van der Waals surface area contributed by atoms with E-state index >= 15 is 0 Å². The van der Waals surface area contributed by atoms with Crippen LogP contribution in [0.5, 0.6) is 0 Å². The molecule has 0 aliphatic rings. The van der Waals surface area contributed by atoms with Gasteiger partial charge in [-0.25, -0.2) is 10.8 Å². The van der Waals surface area contributed by atoms with Crippen LogP contribution in [0.2, 0.25) is 0 Å². The molecule has 0 fully saturated rings. The Bertz CT molecular complexity index is 719. The zero-order chi connectivity index (χ0) is 12.5. The molecule has 0 saturated carbocycles. The van der Waals surface area contributed by atoms with E-state index in [1.807, 2.05) is 12.1 Å². The lowest BCUT2D eigenvalue weighted by Crippen LogP contribution is -2.11. The third-order valence-electron chi connectivity index (χ3n) is 3.31. The average Bonchev–Trinajstić information content (AvgIpc) is 2.45. The summed E-state index contributed by atoms with van der Waals surface area (Å²) in [6, 6.07) is 14.7. The Morgan fingerprint density at radius 2 is 1.89 bits per heavy atom. The highest BCUT2D eigenvalue weighted by atomic mass is 15.2. The van der Waals surface area contributed by atoms with Gasteiger partial charge in [-0.05, 0) is 23.4 Å². The Balaban J connectivity index is 2.43. The molecule has 3 aromatic rings. The van der Waals surface area contributed by atoms with Gasteiger partial charge in [0.15, 0.2) is 0 Å². The highest BCUT2D eigenvalue weighted by Gasteiger charge is 2.07. The summed E-state index contributed by atoms with van der Waals surface area (Å²) >= 11 is 0. The summed E-state index contributed by atoms with van der Waals surface area (Å²) in [6.45, 7) is 2.10. The predicted molar refractivity (Wildman–Crippen MR) is 76.4 cm³/mol. The van der Waals surface area contributed by atoms with Crippen molar-refractivity contribution < 1.29 is 0 Å². The molecular formula is C15H15N3. The molecule has 3 nitrogen and oxygen atoms in total. The van der Waals surface area contributed by atoms with Crippen LogP contribution in [0.15, 0.2) is 42.5 Å². The summed E-state index contributed by atoms with van der Waals surface area (Å²) < 4.78 is 0. The van der Waals surface area contributed by atoms with Gasteiger partial charge in [0, 0.05) is 10.8 Å². The van der Waals surface area contributed by atoms with Gasteiger partial charge in [-0.1, -0.05) is 43.3 Å². The minimum absolute atomic E-state index is 0.765. The molecule has 0 amide bonds. The molecular weight excluding hydrogens is 222 g/mol. The first-order valence-electron chi connectivity index (χ1n) is 6.11. The van der Waals surface area contributed by atoms with Crippen molar-refractivity contribution >= 4 is 27.5 Å². The molecule has 0 unspecified atom stereocenters. The molecule has 1 heterocycles. The zero-order valence-electron chi connectivity index (χ0n) is 10.3. The lowest BCUT2D eigenvalue weighted by atomic mass is 10.0. The summed E-state index contributed by atoms with van der Waals surface area (Å²) in [5.74, 6) is 6.31. The third-order valence-corrected chi connectivity index (χ3v) is 3.31. The van der Waals surface area contributed by atoms with Crippen molar-refractivity contribution in [1.29, 1.82) is 0 Å². The van der Waals surface area contributed by atoms with Crippen molar-refractivity contribution in [3.63, 3.8) is 0 Å². The van der Waals surface area contributed by atoms with E-state index in [4.69, 9.17) is 5.84 Å². The second kappa shape index (κ2) is 4.27. The zero-order valence-corrected chi connectivity index (χ0v) is 10.3. The summed E-state index contributed by atoms with van der Waals surface area (Å²) in [4.78, 5) is 4.66. The molecule has 3 heteroatoms. The van der Waals surface area contributed by atoms with Gasteiger partial charge in [0.2, 0.25) is 0 Å². The van der Waals surface area contributed by atoms with Crippen LogP contribution >= 0.6 is 0 Å². The maximum absolute atomic E-state index is 5.55. The van der Waals surface area contributed by atoms with Crippen LogP contribution in [-0.2, 0) is 6.42 Å². The van der Waals surface area contributed by atoms with Crippen LogP contribution in [0.3, 0.4) is 0 Å². The third kappa shape index (κ3) is 1.60. The van der Waals surface area contributed by atoms with E-state index in [9.17, 15) is 0 Å². The van der Waals surface area contributed by atoms with Crippen molar-refractivity contribution in [2.75, 3.05) is 5.43 Å². The highest BCUT2D eigenvalue weighted by molar-refractivity contribution is 6.05. The molecule has 0 bridgehead atoms. The van der Waals surface area contributed by atoms with Crippen molar-refractivity contribution in [2.45, 2.75) is 13.3 Å². The number of rotatable bonds is 2. The second-order valence-electron chi connectivity index (χ2n) is 4.35. The Labute approximate surface area is 106 Å². The van der Waals surface area contributed by atoms with Crippen molar-refractivity contribution in [3.8, 4) is 0 Å². The molecule has 3 rings (SSSR count). The Morgan fingerprint density at radius 1 is 1.11 bits per heavy atom.